The molecule has 0 saturated carbocycles. The van der Waals surface area contributed by atoms with Crippen LogP contribution in [0.1, 0.15) is 43.7 Å². The highest BCUT2D eigenvalue weighted by molar-refractivity contribution is 7.98. The minimum absolute atomic E-state index is 0.125. The van der Waals surface area contributed by atoms with Crippen LogP contribution < -0.4 is 0 Å². The molecule has 0 amide bonds. The Morgan fingerprint density at radius 3 is 2.69 bits per heavy atom. The van der Waals surface area contributed by atoms with Crippen molar-refractivity contribution >= 4 is 23.1 Å². The van der Waals surface area contributed by atoms with Crippen LogP contribution in [0.25, 0.3) is 16.5 Å². The maximum atomic E-state index is 13.6. The molecular weight excluding hydrogens is 445 g/mol. The van der Waals surface area contributed by atoms with Gasteiger partial charge in [-0.25, -0.2) is 9.37 Å². The fourth-order valence-electron chi connectivity index (χ4n) is 3.97. The summed E-state index contributed by atoms with van der Waals surface area (Å²) in [5.41, 5.74) is 1.70. The van der Waals surface area contributed by atoms with E-state index < -0.39 is 0 Å². The van der Waals surface area contributed by atoms with Crippen molar-refractivity contribution in [2.45, 2.75) is 43.1 Å². The number of piperidine rings is 1. The molecule has 0 bridgehead atoms. The third-order valence-corrected chi connectivity index (χ3v) is 7.51. The number of hydrogen-bond donors (Lipinski definition) is 0. The van der Waals surface area contributed by atoms with Crippen LogP contribution in [0.4, 0.5) is 4.39 Å². The second-order valence-corrected chi connectivity index (χ2v) is 9.73. The highest BCUT2D eigenvalue weighted by Crippen LogP contribution is 2.31. The largest absolute Gasteiger partial charge is 0.444 e. The number of rotatable bonds is 7. The number of halogens is 1. The molecule has 0 aliphatic carbocycles. The van der Waals surface area contributed by atoms with Crippen molar-refractivity contribution < 1.29 is 8.81 Å². The van der Waals surface area contributed by atoms with Crippen molar-refractivity contribution in [2.24, 2.45) is 0 Å². The first-order valence-corrected chi connectivity index (χ1v) is 12.6. The Balaban J connectivity index is 1.41. The minimum atomic E-state index is -0.259. The Bertz CT molecular complexity index is 1150. The van der Waals surface area contributed by atoms with Crippen LogP contribution in [0.3, 0.4) is 0 Å². The van der Waals surface area contributed by atoms with Crippen molar-refractivity contribution in [3.63, 3.8) is 0 Å². The zero-order valence-corrected chi connectivity index (χ0v) is 19.4. The minimum Gasteiger partial charge on any atom is -0.444 e. The predicted molar refractivity (Wildman–Crippen MR) is 125 cm³/mol. The van der Waals surface area contributed by atoms with Crippen LogP contribution in [-0.2, 0) is 5.75 Å². The summed E-state index contributed by atoms with van der Waals surface area (Å²) in [7, 11) is 0. The van der Waals surface area contributed by atoms with E-state index in [2.05, 4.69) is 27.0 Å². The first-order valence-electron chi connectivity index (χ1n) is 10.8. The zero-order valence-electron chi connectivity index (χ0n) is 17.8. The second-order valence-electron chi connectivity index (χ2n) is 7.84. The first kappa shape index (κ1) is 21.4. The molecule has 0 radical (unpaired) electrons. The molecule has 1 atom stereocenters. The number of likely N-dealkylation sites (tertiary alicyclic amines) is 1. The highest BCUT2D eigenvalue weighted by Gasteiger charge is 2.25. The topological polar surface area (TPSA) is 60.0 Å². The molecule has 1 unspecified atom stereocenters. The summed E-state index contributed by atoms with van der Waals surface area (Å²) < 4.78 is 21.3. The van der Waals surface area contributed by atoms with Gasteiger partial charge in [0, 0.05) is 11.4 Å². The summed E-state index contributed by atoms with van der Waals surface area (Å²) in [4.78, 5) is 8.06. The van der Waals surface area contributed by atoms with Crippen LogP contribution in [0.15, 0.2) is 57.6 Å². The quantitative estimate of drug-likeness (QED) is 0.311. The summed E-state index contributed by atoms with van der Waals surface area (Å²) in [6, 6.07) is 10.6. The zero-order chi connectivity index (χ0) is 21.9. The SMILES string of the molecule is CC(c1nnc(SCc2coc(-c3cccs3)n2)n1-c1ccc(F)cc1)N1CCCCC1. The molecule has 4 heterocycles. The van der Waals surface area contributed by atoms with Gasteiger partial charge in [0.15, 0.2) is 11.0 Å². The average molecular weight is 470 g/mol. The van der Waals surface area contributed by atoms with Gasteiger partial charge in [0.2, 0.25) is 5.89 Å². The van der Waals surface area contributed by atoms with Gasteiger partial charge in [0.25, 0.3) is 0 Å². The van der Waals surface area contributed by atoms with E-state index in [1.165, 1.54) is 31.4 Å². The van der Waals surface area contributed by atoms with E-state index >= 15 is 0 Å². The van der Waals surface area contributed by atoms with Gasteiger partial charge in [-0.3, -0.25) is 9.47 Å². The van der Waals surface area contributed by atoms with E-state index in [0.29, 0.717) is 11.6 Å². The van der Waals surface area contributed by atoms with Gasteiger partial charge in [-0.2, -0.15) is 0 Å². The fraction of sp³-hybridized carbons (Fsp3) is 0.348. The number of aromatic nitrogens is 4. The first-order chi connectivity index (χ1) is 15.7. The van der Waals surface area contributed by atoms with Gasteiger partial charge in [-0.15, -0.1) is 21.5 Å². The Kier molecular flexibility index (Phi) is 6.38. The Morgan fingerprint density at radius 1 is 1.12 bits per heavy atom. The lowest BCUT2D eigenvalue weighted by Gasteiger charge is -2.31. The number of benzene rings is 1. The Hall–Kier alpha value is -2.49. The molecule has 6 nitrogen and oxygen atoms in total. The molecule has 1 aromatic carbocycles. The number of thioether (sulfide) groups is 1. The maximum Gasteiger partial charge on any atom is 0.236 e. The normalized spacial score (nSPS) is 15.8. The van der Waals surface area contributed by atoms with Crippen molar-refractivity contribution in [1.29, 1.82) is 0 Å². The lowest BCUT2D eigenvalue weighted by Crippen LogP contribution is -2.33. The Labute approximate surface area is 194 Å². The average Bonchev–Trinajstić information content (AvgIpc) is 3.59. The fourth-order valence-corrected chi connectivity index (χ4v) is 5.46. The van der Waals surface area contributed by atoms with Gasteiger partial charge in [0.1, 0.15) is 12.1 Å². The number of thiophene rings is 1. The van der Waals surface area contributed by atoms with Crippen molar-refractivity contribution in [1.82, 2.24) is 24.6 Å². The summed E-state index contributed by atoms with van der Waals surface area (Å²) in [6.45, 7) is 4.30. The summed E-state index contributed by atoms with van der Waals surface area (Å²) in [6.07, 6.45) is 5.38. The molecule has 0 N–H and O–H groups in total. The molecule has 4 aromatic rings. The van der Waals surface area contributed by atoms with Crippen LogP contribution in [-0.4, -0.2) is 37.7 Å². The molecule has 1 fully saturated rings. The second kappa shape index (κ2) is 9.56. The van der Waals surface area contributed by atoms with Crippen molar-refractivity contribution in [3.05, 3.63) is 65.4 Å². The van der Waals surface area contributed by atoms with Gasteiger partial charge >= 0.3 is 0 Å². The molecule has 9 heteroatoms. The van der Waals surface area contributed by atoms with Gasteiger partial charge in [-0.1, -0.05) is 24.2 Å². The van der Waals surface area contributed by atoms with E-state index in [1.807, 2.05) is 22.1 Å². The van der Waals surface area contributed by atoms with E-state index in [4.69, 9.17) is 4.42 Å². The molecule has 1 aliphatic rings. The van der Waals surface area contributed by atoms with Crippen molar-refractivity contribution in [2.75, 3.05) is 13.1 Å². The third-order valence-electron chi connectivity index (χ3n) is 5.69. The summed E-state index contributed by atoms with van der Waals surface area (Å²) in [5.74, 6) is 1.85. The van der Waals surface area contributed by atoms with Crippen LogP contribution in [0, 0.1) is 5.82 Å². The Morgan fingerprint density at radius 2 is 1.94 bits per heavy atom. The number of nitrogens with zero attached hydrogens (tertiary/aromatic N) is 5. The summed E-state index contributed by atoms with van der Waals surface area (Å²) in [5, 5.41) is 11.8. The van der Waals surface area contributed by atoms with Gasteiger partial charge in [0.05, 0.1) is 16.6 Å². The molecular formula is C23H24FN5OS2. The van der Waals surface area contributed by atoms with E-state index in [0.717, 1.165) is 40.3 Å². The number of oxazole rings is 1. The number of hydrogen-bond acceptors (Lipinski definition) is 7. The lowest BCUT2D eigenvalue weighted by atomic mass is 10.1. The standard InChI is InChI=1S/C23H24FN5OS2/c1-16(28-11-3-2-4-12-28)21-26-27-23(29(21)19-9-7-17(24)8-10-19)32-15-18-14-30-22(25-18)20-6-5-13-31-20/h5-10,13-14,16H,2-4,11-12,15H2,1H3. The van der Waals surface area contributed by atoms with E-state index in [9.17, 15) is 4.39 Å². The molecule has 5 rings (SSSR count). The van der Waals surface area contributed by atoms with Crippen LogP contribution in [0.5, 0.6) is 0 Å². The molecule has 1 saturated heterocycles. The maximum absolute atomic E-state index is 13.6. The van der Waals surface area contributed by atoms with Crippen LogP contribution in [0.2, 0.25) is 0 Å². The summed E-state index contributed by atoms with van der Waals surface area (Å²) >= 11 is 3.15. The smallest absolute Gasteiger partial charge is 0.236 e. The third kappa shape index (κ3) is 4.51. The van der Waals surface area contributed by atoms with Crippen molar-refractivity contribution in [3.8, 4) is 16.5 Å². The monoisotopic (exact) mass is 469 g/mol. The van der Waals surface area contributed by atoms with Gasteiger partial charge in [-0.05, 0) is 68.6 Å². The van der Waals surface area contributed by atoms with Gasteiger partial charge < -0.3 is 4.42 Å². The molecule has 0 spiro atoms. The molecule has 1 aliphatic heterocycles. The van der Waals surface area contributed by atoms with E-state index in [-0.39, 0.29) is 11.9 Å². The molecule has 32 heavy (non-hydrogen) atoms. The molecule has 3 aromatic heterocycles. The lowest BCUT2D eigenvalue weighted by molar-refractivity contribution is 0.167. The molecule has 166 valence electrons. The van der Waals surface area contributed by atoms with E-state index in [1.54, 1.807) is 41.5 Å². The predicted octanol–water partition coefficient (Wildman–Crippen LogP) is 5.96. The van der Waals surface area contributed by atoms with Crippen LogP contribution >= 0.6 is 23.1 Å². The highest BCUT2D eigenvalue weighted by atomic mass is 32.2.